The molecule has 162 valence electrons. The highest BCUT2D eigenvalue weighted by Crippen LogP contribution is 2.38. The zero-order valence-electron chi connectivity index (χ0n) is 17.9. The molecule has 2 aliphatic heterocycles. The largest absolute Gasteiger partial charge is 0.480 e. The number of thiazole rings is 1. The SMILES string of the molecule is CC(C)(C)c1nc2cc(N3CCCCC3)c(NC(=S)N3CCC[C@H]3C(=O)O)cc2s1. The molecule has 2 aromatic rings. The Labute approximate surface area is 187 Å². The first-order chi connectivity index (χ1) is 14.2. The third-order valence-electron chi connectivity index (χ3n) is 5.88. The number of thiocarbonyl (C=S) groups is 1. The van der Waals surface area contributed by atoms with Crippen molar-refractivity contribution in [3.05, 3.63) is 17.1 Å². The van der Waals surface area contributed by atoms with Crippen LogP contribution in [0.4, 0.5) is 11.4 Å². The molecule has 3 heterocycles. The van der Waals surface area contributed by atoms with Crippen LogP contribution in [0, 0.1) is 0 Å². The van der Waals surface area contributed by atoms with Gasteiger partial charge in [0.25, 0.3) is 0 Å². The Kier molecular flexibility index (Phi) is 5.90. The number of piperidine rings is 1. The molecular formula is C22H30N4O2S2. The van der Waals surface area contributed by atoms with Crippen LogP contribution in [-0.4, -0.2) is 51.7 Å². The summed E-state index contributed by atoms with van der Waals surface area (Å²) in [5.74, 6) is -0.805. The fraction of sp³-hybridized carbons (Fsp3) is 0.591. The maximum Gasteiger partial charge on any atom is 0.326 e. The van der Waals surface area contributed by atoms with E-state index in [1.54, 1.807) is 11.3 Å². The quantitative estimate of drug-likeness (QED) is 0.655. The van der Waals surface area contributed by atoms with Gasteiger partial charge in [-0.25, -0.2) is 9.78 Å². The third-order valence-corrected chi connectivity index (χ3v) is 7.67. The van der Waals surface area contributed by atoms with Crippen LogP contribution in [0.3, 0.4) is 0 Å². The first-order valence-electron chi connectivity index (χ1n) is 10.7. The molecule has 0 radical (unpaired) electrons. The smallest absolute Gasteiger partial charge is 0.326 e. The highest BCUT2D eigenvalue weighted by molar-refractivity contribution is 7.80. The van der Waals surface area contributed by atoms with Crippen LogP contribution in [0.1, 0.15) is 57.9 Å². The minimum Gasteiger partial charge on any atom is -0.480 e. The van der Waals surface area contributed by atoms with Crippen molar-refractivity contribution >= 4 is 56.2 Å². The van der Waals surface area contributed by atoms with Gasteiger partial charge < -0.3 is 20.2 Å². The van der Waals surface area contributed by atoms with E-state index in [1.165, 1.54) is 19.3 Å². The maximum atomic E-state index is 11.6. The summed E-state index contributed by atoms with van der Waals surface area (Å²) in [6.07, 6.45) is 5.11. The third kappa shape index (κ3) is 4.25. The van der Waals surface area contributed by atoms with Crippen LogP contribution in [0.2, 0.25) is 0 Å². The number of carboxylic acid groups (broad SMARTS) is 1. The molecule has 0 aliphatic carbocycles. The van der Waals surface area contributed by atoms with Crippen molar-refractivity contribution in [3.8, 4) is 0 Å². The molecule has 6 nitrogen and oxygen atoms in total. The van der Waals surface area contributed by atoms with E-state index in [4.69, 9.17) is 17.2 Å². The fourth-order valence-corrected chi connectivity index (χ4v) is 5.61. The minimum absolute atomic E-state index is 0.00211. The molecule has 0 saturated carbocycles. The van der Waals surface area contributed by atoms with Crippen LogP contribution in [0.5, 0.6) is 0 Å². The van der Waals surface area contributed by atoms with Crippen LogP contribution in [-0.2, 0) is 10.2 Å². The maximum absolute atomic E-state index is 11.6. The average Bonchev–Trinajstić information content (AvgIpc) is 3.34. The molecule has 2 aliphatic rings. The van der Waals surface area contributed by atoms with Gasteiger partial charge in [-0.1, -0.05) is 20.8 Å². The number of benzene rings is 1. The van der Waals surface area contributed by atoms with Crippen molar-refractivity contribution in [3.63, 3.8) is 0 Å². The van der Waals surface area contributed by atoms with E-state index in [0.29, 0.717) is 18.1 Å². The van der Waals surface area contributed by atoms with Crippen LogP contribution in [0.15, 0.2) is 12.1 Å². The first-order valence-corrected chi connectivity index (χ1v) is 12.0. The lowest BCUT2D eigenvalue weighted by Crippen LogP contribution is -2.43. The Hall–Kier alpha value is -1.93. The van der Waals surface area contributed by atoms with Crippen molar-refractivity contribution < 1.29 is 9.90 Å². The summed E-state index contributed by atoms with van der Waals surface area (Å²) in [6.45, 7) is 9.27. The van der Waals surface area contributed by atoms with Crippen molar-refractivity contribution in [2.45, 2.75) is 64.3 Å². The van der Waals surface area contributed by atoms with E-state index in [2.05, 4.69) is 43.1 Å². The lowest BCUT2D eigenvalue weighted by Gasteiger charge is -2.32. The number of aliphatic carboxylic acids is 1. The van der Waals surface area contributed by atoms with Gasteiger partial charge in [0.05, 0.1) is 26.6 Å². The molecule has 0 unspecified atom stereocenters. The highest BCUT2D eigenvalue weighted by Gasteiger charge is 2.32. The van der Waals surface area contributed by atoms with Gasteiger partial charge in [-0.3, -0.25) is 0 Å². The zero-order chi connectivity index (χ0) is 21.5. The molecule has 2 saturated heterocycles. The van der Waals surface area contributed by atoms with Gasteiger partial charge in [0.15, 0.2) is 5.11 Å². The fourth-order valence-electron chi connectivity index (χ4n) is 4.23. The summed E-state index contributed by atoms with van der Waals surface area (Å²) in [7, 11) is 0. The molecule has 4 rings (SSSR count). The van der Waals surface area contributed by atoms with Crippen molar-refractivity contribution in [1.29, 1.82) is 0 Å². The van der Waals surface area contributed by atoms with Gasteiger partial charge >= 0.3 is 5.97 Å². The average molecular weight is 447 g/mol. The summed E-state index contributed by atoms with van der Waals surface area (Å²) in [6, 6.07) is 3.78. The monoisotopic (exact) mass is 446 g/mol. The van der Waals surface area contributed by atoms with E-state index in [-0.39, 0.29) is 5.41 Å². The molecule has 1 aromatic carbocycles. The molecule has 1 aromatic heterocycles. The number of fused-ring (bicyclic) bond motifs is 1. The zero-order valence-corrected chi connectivity index (χ0v) is 19.5. The lowest BCUT2D eigenvalue weighted by molar-refractivity contribution is -0.140. The second-order valence-corrected chi connectivity index (χ2v) is 10.7. The second-order valence-electron chi connectivity index (χ2n) is 9.27. The molecule has 2 N–H and O–H groups in total. The molecule has 0 amide bonds. The number of likely N-dealkylation sites (tertiary alicyclic amines) is 1. The number of hydrogen-bond donors (Lipinski definition) is 2. The Morgan fingerprint density at radius 1 is 1.20 bits per heavy atom. The Bertz CT molecular complexity index is 960. The number of rotatable bonds is 3. The Morgan fingerprint density at radius 2 is 1.93 bits per heavy atom. The van der Waals surface area contributed by atoms with Gasteiger partial charge in [-0.05, 0) is 56.5 Å². The highest BCUT2D eigenvalue weighted by atomic mass is 32.1. The number of nitrogens with zero attached hydrogens (tertiary/aromatic N) is 3. The van der Waals surface area contributed by atoms with Crippen molar-refractivity contribution in [1.82, 2.24) is 9.88 Å². The first kappa shape index (κ1) is 21.3. The van der Waals surface area contributed by atoms with Gasteiger partial charge in [0.2, 0.25) is 0 Å². The molecule has 30 heavy (non-hydrogen) atoms. The van der Waals surface area contributed by atoms with Gasteiger partial charge in [0, 0.05) is 25.0 Å². The summed E-state index contributed by atoms with van der Waals surface area (Å²) < 4.78 is 1.13. The summed E-state index contributed by atoms with van der Waals surface area (Å²) in [5, 5.41) is 14.6. The number of aromatic nitrogens is 1. The van der Waals surface area contributed by atoms with E-state index < -0.39 is 12.0 Å². The van der Waals surface area contributed by atoms with Gasteiger partial charge in [0.1, 0.15) is 6.04 Å². The lowest BCUT2D eigenvalue weighted by atomic mass is 9.98. The minimum atomic E-state index is -0.805. The summed E-state index contributed by atoms with van der Waals surface area (Å²) >= 11 is 7.38. The molecule has 8 heteroatoms. The van der Waals surface area contributed by atoms with Gasteiger partial charge in [-0.2, -0.15) is 0 Å². The van der Waals surface area contributed by atoms with E-state index in [9.17, 15) is 9.90 Å². The normalized spacial score (nSPS) is 20.0. The van der Waals surface area contributed by atoms with E-state index >= 15 is 0 Å². The van der Waals surface area contributed by atoms with Crippen molar-refractivity contribution in [2.75, 3.05) is 29.9 Å². The number of carbonyl (C=O) groups is 1. The predicted molar refractivity (Wildman–Crippen MR) is 128 cm³/mol. The Balaban J connectivity index is 1.70. The van der Waals surface area contributed by atoms with Gasteiger partial charge in [-0.15, -0.1) is 11.3 Å². The van der Waals surface area contributed by atoms with Crippen molar-refractivity contribution in [2.24, 2.45) is 0 Å². The molecule has 2 fully saturated rings. The predicted octanol–water partition coefficient (Wildman–Crippen LogP) is 4.83. The summed E-state index contributed by atoms with van der Waals surface area (Å²) in [5.41, 5.74) is 3.09. The van der Waals surface area contributed by atoms with Crippen LogP contribution < -0.4 is 10.2 Å². The molecule has 0 bridgehead atoms. The number of hydrogen-bond acceptors (Lipinski definition) is 5. The number of nitrogens with one attached hydrogen (secondary N) is 1. The van der Waals surface area contributed by atoms with E-state index in [0.717, 1.165) is 46.1 Å². The number of carboxylic acids is 1. The molecule has 1 atom stereocenters. The second kappa shape index (κ2) is 8.30. The Morgan fingerprint density at radius 3 is 2.60 bits per heavy atom. The van der Waals surface area contributed by atoms with Crippen LogP contribution >= 0.6 is 23.6 Å². The van der Waals surface area contributed by atoms with E-state index in [1.807, 2.05) is 4.90 Å². The molecule has 0 spiro atoms. The van der Waals surface area contributed by atoms with Crippen LogP contribution in [0.25, 0.3) is 10.2 Å². The number of anilines is 2. The standard InChI is InChI=1S/C22H30N4O2S2/c1-22(2,3)20-23-15-12-17(25-9-5-4-6-10-25)14(13-18(15)30-20)24-21(29)26-11-7-8-16(26)19(27)28/h12-13,16H,4-11H2,1-3H3,(H,24,29)(H,27,28)/t16-/m0/s1. The summed E-state index contributed by atoms with van der Waals surface area (Å²) in [4.78, 5) is 20.7. The topological polar surface area (TPSA) is 68.7 Å². The molecular weight excluding hydrogens is 416 g/mol.